The van der Waals surface area contributed by atoms with Gasteiger partial charge in [-0.3, -0.25) is 4.79 Å². The van der Waals surface area contributed by atoms with E-state index in [4.69, 9.17) is 11.6 Å². The molecule has 1 aliphatic rings. The summed E-state index contributed by atoms with van der Waals surface area (Å²) in [5.74, 6) is 0.343. The third-order valence-corrected chi connectivity index (χ3v) is 4.64. The van der Waals surface area contributed by atoms with Crippen molar-refractivity contribution in [3.05, 3.63) is 52.3 Å². The summed E-state index contributed by atoms with van der Waals surface area (Å²) in [5, 5.41) is 6.95. The number of carbonyl (C=O) groups is 1. The highest BCUT2D eigenvalue weighted by Gasteiger charge is 2.16. The van der Waals surface area contributed by atoms with Gasteiger partial charge in [-0.15, -0.1) is 0 Å². The number of rotatable bonds is 5. The second-order valence-electron chi connectivity index (χ2n) is 6.51. The van der Waals surface area contributed by atoms with E-state index < -0.39 is 0 Å². The van der Waals surface area contributed by atoms with Crippen LogP contribution in [0.15, 0.2) is 30.3 Å². The zero-order valence-corrected chi connectivity index (χ0v) is 15.1. The molecule has 0 unspecified atom stereocenters. The summed E-state index contributed by atoms with van der Waals surface area (Å²) >= 11 is 5.87. The molecule has 1 heterocycles. The first-order valence-electron chi connectivity index (χ1n) is 8.75. The Hall–Kier alpha value is -2.14. The molecule has 2 aromatic rings. The van der Waals surface area contributed by atoms with Crippen molar-refractivity contribution in [1.29, 1.82) is 0 Å². The van der Waals surface area contributed by atoms with E-state index in [9.17, 15) is 4.79 Å². The molecule has 0 atom stereocenters. The van der Waals surface area contributed by atoms with Gasteiger partial charge in [0.2, 0.25) is 5.95 Å². The standard InChI is InChI=1S/C19H23ClN4O/c1-13-11-17(18(25)21-12-14-7-9-15(20)10-8-14)24-19(22-13)23-16-5-3-2-4-6-16/h7-11,16H,2-6,12H2,1H3,(H,21,25)(H,22,23,24). The van der Waals surface area contributed by atoms with Crippen molar-refractivity contribution in [2.24, 2.45) is 0 Å². The Kier molecular flexibility index (Phi) is 5.87. The third-order valence-electron chi connectivity index (χ3n) is 4.39. The summed E-state index contributed by atoms with van der Waals surface area (Å²) in [6.45, 7) is 2.31. The molecule has 6 heteroatoms. The molecule has 0 saturated heterocycles. The number of hydrogen-bond donors (Lipinski definition) is 2. The van der Waals surface area contributed by atoms with E-state index in [0.717, 1.165) is 24.1 Å². The number of hydrogen-bond acceptors (Lipinski definition) is 4. The van der Waals surface area contributed by atoms with Crippen molar-refractivity contribution in [3.8, 4) is 0 Å². The molecule has 3 rings (SSSR count). The molecule has 1 saturated carbocycles. The number of anilines is 1. The monoisotopic (exact) mass is 358 g/mol. The summed E-state index contributed by atoms with van der Waals surface area (Å²) in [6.07, 6.45) is 6.03. The highest BCUT2D eigenvalue weighted by Crippen LogP contribution is 2.20. The van der Waals surface area contributed by atoms with Gasteiger partial charge in [0.1, 0.15) is 5.69 Å². The second kappa shape index (κ2) is 8.30. The largest absolute Gasteiger partial charge is 0.351 e. The highest BCUT2D eigenvalue weighted by molar-refractivity contribution is 6.30. The number of amides is 1. The minimum Gasteiger partial charge on any atom is -0.351 e. The van der Waals surface area contributed by atoms with E-state index in [1.165, 1.54) is 19.3 Å². The molecular formula is C19H23ClN4O. The van der Waals surface area contributed by atoms with E-state index in [1.807, 2.05) is 31.2 Å². The lowest BCUT2D eigenvalue weighted by molar-refractivity contribution is 0.0945. The van der Waals surface area contributed by atoms with Crippen LogP contribution in [0.25, 0.3) is 0 Å². The Morgan fingerprint density at radius 2 is 1.88 bits per heavy atom. The number of benzene rings is 1. The maximum atomic E-state index is 12.4. The van der Waals surface area contributed by atoms with Gasteiger partial charge in [-0.05, 0) is 43.5 Å². The maximum absolute atomic E-state index is 12.4. The van der Waals surface area contributed by atoms with E-state index in [1.54, 1.807) is 6.07 Å². The van der Waals surface area contributed by atoms with Gasteiger partial charge in [0.05, 0.1) is 0 Å². The molecule has 2 N–H and O–H groups in total. The molecular weight excluding hydrogens is 336 g/mol. The van der Waals surface area contributed by atoms with Crippen LogP contribution in [0.3, 0.4) is 0 Å². The minimum absolute atomic E-state index is 0.202. The predicted octanol–water partition coefficient (Wildman–Crippen LogP) is 4.11. The van der Waals surface area contributed by atoms with Crippen molar-refractivity contribution in [2.75, 3.05) is 5.32 Å². The van der Waals surface area contributed by atoms with Crippen LogP contribution in [0.2, 0.25) is 5.02 Å². The molecule has 1 fully saturated rings. The van der Waals surface area contributed by atoms with Crippen LogP contribution in [-0.4, -0.2) is 21.9 Å². The summed E-state index contributed by atoms with van der Waals surface area (Å²) in [5.41, 5.74) is 2.16. The van der Waals surface area contributed by atoms with Crippen LogP contribution in [0.1, 0.15) is 53.8 Å². The number of nitrogens with one attached hydrogen (secondary N) is 2. The summed E-state index contributed by atoms with van der Waals surface area (Å²) < 4.78 is 0. The Balaban J connectivity index is 1.64. The second-order valence-corrected chi connectivity index (χ2v) is 6.94. The molecule has 0 spiro atoms. The number of nitrogens with zero attached hydrogens (tertiary/aromatic N) is 2. The van der Waals surface area contributed by atoms with Crippen molar-refractivity contribution in [2.45, 2.75) is 51.6 Å². The topological polar surface area (TPSA) is 66.9 Å². The van der Waals surface area contributed by atoms with Crippen LogP contribution in [-0.2, 0) is 6.54 Å². The average Bonchev–Trinajstić information content (AvgIpc) is 2.61. The smallest absolute Gasteiger partial charge is 0.270 e. The highest BCUT2D eigenvalue weighted by atomic mass is 35.5. The van der Waals surface area contributed by atoms with Gasteiger partial charge in [-0.25, -0.2) is 9.97 Å². The van der Waals surface area contributed by atoms with Crippen LogP contribution >= 0.6 is 11.6 Å². The molecule has 1 amide bonds. The Labute approximate surface area is 153 Å². The molecule has 5 nitrogen and oxygen atoms in total. The van der Waals surface area contributed by atoms with Gasteiger partial charge >= 0.3 is 0 Å². The van der Waals surface area contributed by atoms with Gasteiger partial charge in [-0.1, -0.05) is 43.0 Å². The number of carbonyl (C=O) groups excluding carboxylic acids is 1. The van der Waals surface area contributed by atoms with Gasteiger partial charge in [0, 0.05) is 23.3 Å². The molecule has 25 heavy (non-hydrogen) atoms. The van der Waals surface area contributed by atoms with Crippen molar-refractivity contribution < 1.29 is 4.79 Å². The summed E-state index contributed by atoms with van der Waals surface area (Å²) in [4.78, 5) is 21.2. The summed E-state index contributed by atoms with van der Waals surface area (Å²) in [7, 11) is 0. The van der Waals surface area contributed by atoms with Gasteiger partial charge in [-0.2, -0.15) is 0 Å². The number of aryl methyl sites for hydroxylation is 1. The molecule has 1 aliphatic carbocycles. The first-order chi connectivity index (χ1) is 12.1. The molecule has 0 radical (unpaired) electrons. The van der Waals surface area contributed by atoms with Gasteiger partial charge < -0.3 is 10.6 Å². The third kappa shape index (κ3) is 5.16. The van der Waals surface area contributed by atoms with Gasteiger partial charge in [0.25, 0.3) is 5.91 Å². The van der Waals surface area contributed by atoms with Gasteiger partial charge in [0.15, 0.2) is 0 Å². The molecule has 0 bridgehead atoms. The normalized spacial score (nSPS) is 15.0. The van der Waals surface area contributed by atoms with Crippen molar-refractivity contribution >= 4 is 23.5 Å². The summed E-state index contributed by atoms with van der Waals surface area (Å²) in [6, 6.07) is 9.52. The first kappa shape index (κ1) is 17.7. The van der Waals surface area contributed by atoms with Crippen LogP contribution in [0.5, 0.6) is 0 Å². The minimum atomic E-state index is -0.202. The fourth-order valence-corrected chi connectivity index (χ4v) is 3.18. The SMILES string of the molecule is Cc1cc(C(=O)NCc2ccc(Cl)cc2)nc(NC2CCCCC2)n1. The molecule has 0 aliphatic heterocycles. The van der Waals surface area contributed by atoms with Crippen LogP contribution < -0.4 is 10.6 Å². The molecule has 1 aromatic heterocycles. The lowest BCUT2D eigenvalue weighted by atomic mass is 9.96. The molecule has 1 aromatic carbocycles. The zero-order valence-electron chi connectivity index (χ0n) is 14.4. The first-order valence-corrected chi connectivity index (χ1v) is 9.13. The Morgan fingerprint density at radius 3 is 2.60 bits per heavy atom. The maximum Gasteiger partial charge on any atom is 0.270 e. The van der Waals surface area contributed by atoms with E-state index in [-0.39, 0.29) is 5.91 Å². The van der Waals surface area contributed by atoms with E-state index in [0.29, 0.717) is 29.3 Å². The van der Waals surface area contributed by atoms with E-state index >= 15 is 0 Å². The lowest BCUT2D eigenvalue weighted by Gasteiger charge is -2.23. The predicted molar refractivity (Wildman–Crippen MR) is 99.9 cm³/mol. The molecule has 132 valence electrons. The van der Waals surface area contributed by atoms with Crippen molar-refractivity contribution in [1.82, 2.24) is 15.3 Å². The van der Waals surface area contributed by atoms with Crippen LogP contribution in [0, 0.1) is 6.92 Å². The Bertz CT molecular complexity index is 727. The van der Waals surface area contributed by atoms with E-state index in [2.05, 4.69) is 20.6 Å². The van der Waals surface area contributed by atoms with Crippen LogP contribution in [0.4, 0.5) is 5.95 Å². The fourth-order valence-electron chi connectivity index (χ4n) is 3.05. The quantitative estimate of drug-likeness (QED) is 0.843. The fraction of sp³-hybridized carbons (Fsp3) is 0.421. The zero-order chi connectivity index (χ0) is 17.6. The van der Waals surface area contributed by atoms with Crippen molar-refractivity contribution in [3.63, 3.8) is 0 Å². The lowest BCUT2D eigenvalue weighted by Crippen LogP contribution is -2.27. The average molecular weight is 359 g/mol. The number of aromatic nitrogens is 2. The number of halogens is 1. The Morgan fingerprint density at radius 1 is 1.16 bits per heavy atom.